The Morgan fingerprint density at radius 1 is 1.26 bits per heavy atom. The van der Waals surface area contributed by atoms with Crippen molar-refractivity contribution in [2.45, 2.75) is 0 Å². The van der Waals surface area contributed by atoms with Crippen molar-refractivity contribution in [3.05, 3.63) is 34.9 Å². The average Bonchev–Trinajstić information content (AvgIpc) is 2.45. The van der Waals surface area contributed by atoms with Gasteiger partial charge in [-0.25, -0.2) is 0 Å². The molecule has 5 heteroatoms. The molecule has 0 saturated carbocycles. The second kappa shape index (κ2) is 7.60. The quantitative estimate of drug-likeness (QED) is 0.633. The predicted octanol–water partition coefficient (Wildman–Crippen LogP) is 1.44. The minimum atomic E-state index is 0.0960. The highest BCUT2D eigenvalue weighted by molar-refractivity contribution is 6.30. The molecule has 1 aliphatic rings. The van der Waals surface area contributed by atoms with E-state index in [2.05, 4.69) is 10.2 Å². The van der Waals surface area contributed by atoms with Gasteiger partial charge in [0, 0.05) is 36.8 Å². The number of benzene rings is 1. The van der Waals surface area contributed by atoms with Gasteiger partial charge in [0.2, 0.25) is 0 Å². The maximum absolute atomic E-state index is 11.9. The van der Waals surface area contributed by atoms with Crippen LogP contribution >= 0.6 is 11.6 Å². The normalized spacial score (nSPS) is 16.5. The van der Waals surface area contributed by atoms with Gasteiger partial charge < -0.3 is 10.1 Å². The molecule has 0 unspecified atom stereocenters. The van der Waals surface area contributed by atoms with Gasteiger partial charge in [0.25, 0.3) is 0 Å². The number of morpholine rings is 1. The second-order valence-corrected chi connectivity index (χ2v) is 5.00. The Hall–Kier alpha value is -0.940. The Labute approximate surface area is 118 Å². The van der Waals surface area contributed by atoms with Gasteiger partial charge in [-0.2, -0.15) is 0 Å². The Bertz CT molecular complexity index is 402. The zero-order valence-electron chi connectivity index (χ0n) is 10.9. The fourth-order valence-corrected chi connectivity index (χ4v) is 2.13. The largest absolute Gasteiger partial charge is 0.379 e. The molecule has 1 N–H and O–H groups in total. The summed E-state index contributed by atoms with van der Waals surface area (Å²) in [5.74, 6) is 0.0960. The highest BCUT2D eigenvalue weighted by Gasteiger charge is 2.10. The highest BCUT2D eigenvalue weighted by Crippen LogP contribution is 2.09. The smallest absolute Gasteiger partial charge is 0.176 e. The van der Waals surface area contributed by atoms with Gasteiger partial charge >= 0.3 is 0 Å². The summed E-state index contributed by atoms with van der Waals surface area (Å²) in [5, 5.41) is 3.83. The van der Waals surface area contributed by atoms with Crippen molar-refractivity contribution in [2.75, 3.05) is 45.9 Å². The molecule has 0 amide bonds. The van der Waals surface area contributed by atoms with E-state index in [1.54, 1.807) is 24.3 Å². The first kappa shape index (κ1) is 14.5. The van der Waals surface area contributed by atoms with Gasteiger partial charge in [-0.1, -0.05) is 11.6 Å². The molecule has 4 nitrogen and oxygen atoms in total. The molecule has 1 heterocycles. The Morgan fingerprint density at radius 3 is 2.63 bits per heavy atom. The zero-order chi connectivity index (χ0) is 13.5. The van der Waals surface area contributed by atoms with Crippen molar-refractivity contribution in [3.8, 4) is 0 Å². The van der Waals surface area contributed by atoms with E-state index in [1.165, 1.54) is 0 Å². The molecule has 19 heavy (non-hydrogen) atoms. The lowest BCUT2D eigenvalue weighted by molar-refractivity contribution is 0.0384. The molecule has 1 aliphatic heterocycles. The van der Waals surface area contributed by atoms with Crippen LogP contribution in [0.3, 0.4) is 0 Å². The molecule has 0 spiro atoms. The topological polar surface area (TPSA) is 41.6 Å². The Kier molecular flexibility index (Phi) is 5.79. The molecular weight excluding hydrogens is 264 g/mol. The number of hydrogen-bond donors (Lipinski definition) is 1. The zero-order valence-corrected chi connectivity index (χ0v) is 11.7. The molecule has 2 rings (SSSR count). The van der Waals surface area contributed by atoms with Crippen LogP contribution in [0.15, 0.2) is 24.3 Å². The first-order valence-electron chi connectivity index (χ1n) is 6.55. The number of nitrogens with zero attached hydrogens (tertiary/aromatic N) is 1. The number of carbonyl (C=O) groups is 1. The number of halogens is 1. The lowest BCUT2D eigenvalue weighted by atomic mass is 10.1. The first-order valence-corrected chi connectivity index (χ1v) is 6.93. The summed E-state index contributed by atoms with van der Waals surface area (Å²) in [7, 11) is 0. The minimum Gasteiger partial charge on any atom is -0.379 e. The van der Waals surface area contributed by atoms with Gasteiger partial charge in [0.15, 0.2) is 5.78 Å². The summed E-state index contributed by atoms with van der Waals surface area (Å²) in [4.78, 5) is 14.2. The molecule has 1 aromatic rings. The molecule has 0 radical (unpaired) electrons. The first-order chi connectivity index (χ1) is 9.25. The predicted molar refractivity (Wildman–Crippen MR) is 75.9 cm³/mol. The number of Topliss-reactive ketones (excluding diaryl/α,β-unsaturated/α-hetero) is 1. The van der Waals surface area contributed by atoms with Gasteiger partial charge in [0.1, 0.15) is 0 Å². The van der Waals surface area contributed by atoms with E-state index < -0.39 is 0 Å². The van der Waals surface area contributed by atoms with Crippen molar-refractivity contribution in [2.24, 2.45) is 0 Å². The third-order valence-electron chi connectivity index (χ3n) is 3.16. The molecule has 104 valence electrons. The summed E-state index contributed by atoms with van der Waals surface area (Å²) >= 11 is 5.79. The van der Waals surface area contributed by atoms with Crippen molar-refractivity contribution in [3.63, 3.8) is 0 Å². The average molecular weight is 283 g/mol. The van der Waals surface area contributed by atoms with Gasteiger partial charge in [-0.3, -0.25) is 9.69 Å². The number of rotatable bonds is 6. The van der Waals surface area contributed by atoms with E-state index in [9.17, 15) is 4.79 Å². The van der Waals surface area contributed by atoms with Crippen LogP contribution in [0.4, 0.5) is 0 Å². The van der Waals surface area contributed by atoms with E-state index >= 15 is 0 Å². The van der Waals surface area contributed by atoms with E-state index in [1.807, 2.05) is 0 Å². The highest BCUT2D eigenvalue weighted by atomic mass is 35.5. The van der Waals surface area contributed by atoms with E-state index in [0.29, 0.717) is 17.1 Å². The number of hydrogen-bond acceptors (Lipinski definition) is 4. The van der Waals surface area contributed by atoms with E-state index in [4.69, 9.17) is 16.3 Å². The molecule has 0 aliphatic carbocycles. The van der Waals surface area contributed by atoms with Crippen LogP contribution in [0.5, 0.6) is 0 Å². The van der Waals surface area contributed by atoms with Gasteiger partial charge in [0.05, 0.1) is 19.8 Å². The molecular formula is C14H19ClN2O2. The van der Waals surface area contributed by atoms with Crippen molar-refractivity contribution in [1.29, 1.82) is 0 Å². The fraction of sp³-hybridized carbons (Fsp3) is 0.500. The maximum Gasteiger partial charge on any atom is 0.176 e. The second-order valence-electron chi connectivity index (χ2n) is 4.56. The van der Waals surface area contributed by atoms with Crippen LogP contribution in [0.25, 0.3) is 0 Å². The third-order valence-corrected chi connectivity index (χ3v) is 3.41. The van der Waals surface area contributed by atoms with Crippen LogP contribution in [0, 0.1) is 0 Å². The fourth-order valence-electron chi connectivity index (χ4n) is 2.00. The number of ketones is 1. The van der Waals surface area contributed by atoms with Crippen LogP contribution in [-0.2, 0) is 4.74 Å². The summed E-state index contributed by atoms with van der Waals surface area (Å²) in [6, 6.07) is 6.99. The molecule has 0 atom stereocenters. The molecule has 0 bridgehead atoms. The van der Waals surface area contributed by atoms with Crippen molar-refractivity contribution >= 4 is 17.4 Å². The third kappa shape index (κ3) is 4.91. The van der Waals surface area contributed by atoms with Crippen LogP contribution < -0.4 is 5.32 Å². The SMILES string of the molecule is O=C(CNCCN1CCOCC1)c1ccc(Cl)cc1. The molecule has 1 fully saturated rings. The maximum atomic E-state index is 11.9. The van der Waals surface area contributed by atoms with E-state index in [0.717, 1.165) is 39.4 Å². The van der Waals surface area contributed by atoms with Crippen molar-refractivity contribution < 1.29 is 9.53 Å². The van der Waals surface area contributed by atoms with Gasteiger partial charge in [-0.15, -0.1) is 0 Å². The summed E-state index contributed by atoms with van der Waals surface area (Å²) in [6.45, 7) is 5.72. The lowest BCUT2D eigenvalue weighted by Crippen LogP contribution is -2.41. The number of ether oxygens (including phenoxy) is 1. The molecule has 1 aromatic carbocycles. The van der Waals surface area contributed by atoms with Crippen molar-refractivity contribution in [1.82, 2.24) is 10.2 Å². The summed E-state index contributed by atoms with van der Waals surface area (Å²) in [5.41, 5.74) is 0.697. The minimum absolute atomic E-state index is 0.0960. The number of nitrogens with one attached hydrogen (secondary N) is 1. The Morgan fingerprint density at radius 2 is 1.95 bits per heavy atom. The van der Waals surface area contributed by atoms with Crippen LogP contribution in [0.2, 0.25) is 5.02 Å². The summed E-state index contributed by atoms with van der Waals surface area (Å²) in [6.07, 6.45) is 0. The Balaban J connectivity index is 1.64. The van der Waals surface area contributed by atoms with E-state index in [-0.39, 0.29) is 5.78 Å². The van der Waals surface area contributed by atoms with Gasteiger partial charge in [-0.05, 0) is 24.3 Å². The van der Waals surface area contributed by atoms with Crippen LogP contribution in [0.1, 0.15) is 10.4 Å². The molecule has 1 saturated heterocycles. The number of carbonyl (C=O) groups excluding carboxylic acids is 1. The lowest BCUT2D eigenvalue weighted by Gasteiger charge is -2.26. The standard InChI is InChI=1S/C14H19ClN2O2/c15-13-3-1-12(2-4-13)14(18)11-16-5-6-17-7-9-19-10-8-17/h1-4,16H,5-11H2. The monoisotopic (exact) mass is 282 g/mol. The van der Waals surface area contributed by atoms with Crippen LogP contribution in [-0.4, -0.2) is 56.6 Å². The summed E-state index contributed by atoms with van der Waals surface area (Å²) < 4.78 is 5.28. The molecule has 0 aromatic heterocycles.